The summed E-state index contributed by atoms with van der Waals surface area (Å²) in [5.41, 5.74) is 1.95. The summed E-state index contributed by atoms with van der Waals surface area (Å²) in [6.45, 7) is -0.204. The highest BCUT2D eigenvalue weighted by Gasteiger charge is 2.36. The maximum absolute atomic E-state index is 9.99. The molecule has 0 saturated carbocycles. The third kappa shape index (κ3) is 1.75. The lowest BCUT2D eigenvalue weighted by atomic mass is 9.96. The monoisotopic (exact) mass is 281 g/mol. The van der Waals surface area contributed by atoms with Gasteiger partial charge in [0.2, 0.25) is 0 Å². The van der Waals surface area contributed by atoms with Gasteiger partial charge >= 0.3 is 0 Å². The zero-order chi connectivity index (χ0) is 13.6. The zero-order valence-corrected chi connectivity index (χ0v) is 10.6. The molecule has 0 unspecified atom stereocenters. The average Bonchev–Trinajstić information content (AvgIpc) is 2.94. The molecule has 0 fully saturated rings. The first kappa shape index (κ1) is 12.3. The van der Waals surface area contributed by atoms with Crippen LogP contribution in [-0.2, 0) is 0 Å². The van der Waals surface area contributed by atoms with E-state index in [1.807, 2.05) is 0 Å². The number of halogens is 1. The van der Waals surface area contributed by atoms with Gasteiger partial charge in [0.05, 0.1) is 12.1 Å². The molecule has 4 N–H and O–H groups in total. The summed E-state index contributed by atoms with van der Waals surface area (Å²) in [6, 6.07) is 0. The van der Waals surface area contributed by atoms with E-state index in [1.165, 1.54) is 6.33 Å². The molecule has 2 aromatic rings. The first-order chi connectivity index (χ1) is 9.13. The second-order valence-electron chi connectivity index (χ2n) is 4.57. The SMILES string of the molecule is OC[C@H]1C[C@H](c2c[nH]c3c(Cl)ncnc23)C(O)=C1O. The van der Waals surface area contributed by atoms with E-state index in [0.29, 0.717) is 22.6 Å². The van der Waals surface area contributed by atoms with Gasteiger partial charge in [-0.05, 0) is 6.42 Å². The Bertz CT molecular complexity index is 667. The molecule has 0 spiro atoms. The molecule has 0 aromatic carbocycles. The molecule has 2 aromatic heterocycles. The van der Waals surface area contributed by atoms with Crippen molar-refractivity contribution in [2.24, 2.45) is 5.92 Å². The highest BCUT2D eigenvalue weighted by molar-refractivity contribution is 6.33. The topological polar surface area (TPSA) is 102 Å². The average molecular weight is 282 g/mol. The molecule has 2 atom stereocenters. The Morgan fingerprint density at radius 3 is 2.79 bits per heavy atom. The molecular weight excluding hydrogens is 270 g/mol. The first-order valence-electron chi connectivity index (χ1n) is 5.83. The van der Waals surface area contributed by atoms with Crippen LogP contribution in [0.25, 0.3) is 11.0 Å². The number of hydrogen-bond donors (Lipinski definition) is 4. The van der Waals surface area contributed by atoms with Crippen molar-refractivity contribution in [3.63, 3.8) is 0 Å². The van der Waals surface area contributed by atoms with Gasteiger partial charge in [0.25, 0.3) is 0 Å². The number of nitrogens with one attached hydrogen (secondary N) is 1. The first-order valence-corrected chi connectivity index (χ1v) is 6.21. The van der Waals surface area contributed by atoms with Crippen molar-refractivity contribution in [1.82, 2.24) is 15.0 Å². The lowest BCUT2D eigenvalue weighted by molar-refractivity contribution is 0.203. The maximum atomic E-state index is 9.99. The number of aromatic amines is 1. The second kappa shape index (κ2) is 4.40. The number of nitrogens with zero attached hydrogens (tertiary/aromatic N) is 2. The molecular formula is C12H12ClN3O3. The minimum Gasteiger partial charge on any atom is -0.508 e. The van der Waals surface area contributed by atoms with E-state index in [2.05, 4.69) is 15.0 Å². The van der Waals surface area contributed by atoms with Crippen molar-refractivity contribution in [3.05, 3.63) is 34.8 Å². The number of aromatic nitrogens is 3. The quantitative estimate of drug-likeness (QED) is 0.631. The molecule has 0 radical (unpaired) electrons. The number of allylic oxidation sites excluding steroid dienone is 1. The van der Waals surface area contributed by atoms with Gasteiger partial charge in [-0.1, -0.05) is 11.6 Å². The van der Waals surface area contributed by atoms with E-state index in [0.717, 1.165) is 5.56 Å². The summed E-state index contributed by atoms with van der Waals surface area (Å²) in [6.07, 6.45) is 3.48. The molecule has 19 heavy (non-hydrogen) atoms. The van der Waals surface area contributed by atoms with Crippen LogP contribution in [0.4, 0.5) is 0 Å². The Morgan fingerprint density at radius 1 is 1.32 bits per heavy atom. The van der Waals surface area contributed by atoms with Gasteiger partial charge < -0.3 is 20.3 Å². The Morgan fingerprint density at radius 2 is 2.11 bits per heavy atom. The van der Waals surface area contributed by atoms with E-state index in [4.69, 9.17) is 16.7 Å². The fourth-order valence-corrected chi connectivity index (χ4v) is 2.71. The molecule has 0 bridgehead atoms. The van der Waals surface area contributed by atoms with E-state index < -0.39 is 11.8 Å². The van der Waals surface area contributed by atoms with E-state index in [9.17, 15) is 10.2 Å². The Hall–Kier alpha value is -1.79. The molecule has 0 aliphatic heterocycles. The van der Waals surface area contributed by atoms with Crippen molar-refractivity contribution < 1.29 is 15.3 Å². The van der Waals surface area contributed by atoms with Gasteiger partial charge in [-0.3, -0.25) is 0 Å². The van der Waals surface area contributed by atoms with Crippen LogP contribution in [0.1, 0.15) is 17.9 Å². The van der Waals surface area contributed by atoms with Gasteiger partial charge in [0.15, 0.2) is 5.15 Å². The summed E-state index contributed by atoms with van der Waals surface area (Å²) < 4.78 is 0. The van der Waals surface area contributed by atoms with Crippen molar-refractivity contribution in [2.45, 2.75) is 12.3 Å². The summed E-state index contributed by atoms with van der Waals surface area (Å²) in [7, 11) is 0. The largest absolute Gasteiger partial charge is 0.508 e. The van der Waals surface area contributed by atoms with Crippen LogP contribution in [0.15, 0.2) is 24.0 Å². The normalized spacial score (nSPS) is 23.5. The number of aliphatic hydroxyl groups is 3. The van der Waals surface area contributed by atoms with Gasteiger partial charge in [-0.15, -0.1) is 0 Å². The molecule has 2 heterocycles. The van der Waals surface area contributed by atoms with Crippen LogP contribution < -0.4 is 0 Å². The number of hydrogen-bond acceptors (Lipinski definition) is 5. The fourth-order valence-electron chi connectivity index (χ4n) is 2.53. The summed E-state index contributed by atoms with van der Waals surface area (Å²) in [4.78, 5) is 11.0. The molecule has 100 valence electrons. The zero-order valence-electron chi connectivity index (χ0n) is 9.84. The maximum Gasteiger partial charge on any atom is 0.156 e. The second-order valence-corrected chi connectivity index (χ2v) is 4.93. The molecule has 1 aliphatic rings. The van der Waals surface area contributed by atoms with Crippen molar-refractivity contribution in [1.29, 1.82) is 0 Å². The standard InChI is InChI=1S/C12H12ClN3O3/c13-12-9-8(15-4-16-12)7(2-14-9)6-1-5(3-17)10(18)11(6)19/h2,4-6,14,17-19H,1,3H2/t5-,6-/m1/s1. The smallest absolute Gasteiger partial charge is 0.156 e. The Balaban J connectivity index is 2.10. The van der Waals surface area contributed by atoms with Crippen LogP contribution >= 0.6 is 11.6 Å². The van der Waals surface area contributed by atoms with Gasteiger partial charge in [0, 0.05) is 23.6 Å². The third-order valence-corrected chi connectivity index (χ3v) is 3.83. The van der Waals surface area contributed by atoms with Crippen LogP contribution in [0.2, 0.25) is 5.15 Å². The predicted molar refractivity (Wildman–Crippen MR) is 69.1 cm³/mol. The van der Waals surface area contributed by atoms with Crippen molar-refractivity contribution >= 4 is 22.6 Å². The van der Waals surface area contributed by atoms with Crippen LogP contribution in [0.3, 0.4) is 0 Å². The number of rotatable bonds is 2. The van der Waals surface area contributed by atoms with Gasteiger partial charge in [-0.2, -0.15) is 0 Å². The summed E-state index contributed by atoms with van der Waals surface area (Å²) in [5, 5.41) is 29.2. The van der Waals surface area contributed by atoms with E-state index in [1.54, 1.807) is 6.20 Å². The van der Waals surface area contributed by atoms with E-state index >= 15 is 0 Å². The van der Waals surface area contributed by atoms with Gasteiger partial charge in [-0.25, -0.2) is 9.97 Å². The number of H-pyrrole nitrogens is 1. The van der Waals surface area contributed by atoms with Crippen LogP contribution in [-0.4, -0.2) is 36.9 Å². The molecule has 1 aliphatic carbocycles. The summed E-state index contributed by atoms with van der Waals surface area (Å²) in [5.74, 6) is -1.10. The minimum atomic E-state index is -0.438. The molecule has 7 heteroatoms. The van der Waals surface area contributed by atoms with Crippen molar-refractivity contribution in [3.8, 4) is 0 Å². The van der Waals surface area contributed by atoms with Crippen LogP contribution in [0, 0.1) is 5.92 Å². The Labute approximate surface area is 113 Å². The van der Waals surface area contributed by atoms with Gasteiger partial charge in [0.1, 0.15) is 23.4 Å². The fraction of sp³-hybridized carbons (Fsp3) is 0.333. The van der Waals surface area contributed by atoms with E-state index in [-0.39, 0.29) is 18.1 Å². The molecule has 6 nitrogen and oxygen atoms in total. The number of aliphatic hydroxyl groups excluding tert-OH is 3. The predicted octanol–water partition coefficient (Wildman–Crippen LogP) is 2.03. The van der Waals surface area contributed by atoms with Crippen LogP contribution in [0.5, 0.6) is 0 Å². The Kier molecular flexibility index (Phi) is 2.83. The lowest BCUT2D eigenvalue weighted by Crippen LogP contribution is -2.05. The highest BCUT2D eigenvalue weighted by atomic mass is 35.5. The minimum absolute atomic E-state index is 0.116. The highest BCUT2D eigenvalue weighted by Crippen LogP contribution is 2.42. The molecule has 0 saturated heterocycles. The molecule has 0 amide bonds. The van der Waals surface area contributed by atoms with Crippen molar-refractivity contribution in [2.75, 3.05) is 6.61 Å². The number of fused-ring (bicyclic) bond motifs is 1. The molecule has 3 rings (SSSR count). The lowest BCUT2D eigenvalue weighted by Gasteiger charge is -2.09. The summed E-state index contributed by atoms with van der Waals surface area (Å²) >= 11 is 5.95. The third-order valence-electron chi connectivity index (χ3n) is 3.54.